The normalized spacial score (nSPS) is 26.4. The highest BCUT2D eigenvalue weighted by atomic mass is 35.5. The number of halogens is 1. The lowest BCUT2D eigenvalue weighted by atomic mass is 9.67. The molecule has 1 aromatic carbocycles. The smallest absolute Gasteiger partial charge is 0.232 e. The lowest BCUT2D eigenvalue weighted by molar-refractivity contribution is -0.128. The third-order valence-electron chi connectivity index (χ3n) is 5.03. The van der Waals surface area contributed by atoms with E-state index in [-0.39, 0.29) is 17.2 Å². The first kappa shape index (κ1) is 16.3. The molecular formula is C17H22ClN3O2. The van der Waals surface area contributed by atoms with Gasteiger partial charge in [-0.3, -0.25) is 9.59 Å². The van der Waals surface area contributed by atoms with E-state index in [0.717, 1.165) is 32.4 Å². The van der Waals surface area contributed by atoms with Crippen LogP contribution >= 0.6 is 11.6 Å². The van der Waals surface area contributed by atoms with Crippen molar-refractivity contribution in [2.75, 3.05) is 23.7 Å². The first-order chi connectivity index (χ1) is 11.0. The van der Waals surface area contributed by atoms with Crippen molar-refractivity contribution in [2.24, 2.45) is 11.3 Å². The highest BCUT2D eigenvalue weighted by Crippen LogP contribution is 2.44. The Morgan fingerprint density at radius 3 is 2.91 bits per heavy atom. The second-order valence-electron chi connectivity index (χ2n) is 6.56. The molecule has 3 rings (SSSR count). The van der Waals surface area contributed by atoms with Gasteiger partial charge in [-0.2, -0.15) is 0 Å². The van der Waals surface area contributed by atoms with E-state index in [1.165, 1.54) is 13.3 Å². The lowest BCUT2D eigenvalue weighted by Crippen LogP contribution is -2.44. The van der Waals surface area contributed by atoms with Gasteiger partial charge in [0.05, 0.1) is 16.1 Å². The largest absolute Gasteiger partial charge is 0.326 e. The topological polar surface area (TPSA) is 70.2 Å². The zero-order valence-electron chi connectivity index (χ0n) is 13.2. The number of carbonyl (C=O) groups is 2. The molecule has 0 aromatic heterocycles. The zero-order chi connectivity index (χ0) is 16.4. The van der Waals surface area contributed by atoms with Crippen LogP contribution in [0.15, 0.2) is 18.2 Å². The van der Waals surface area contributed by atoms with Crippen molar-refractivity contribution in [3.05, 3.63) is 23.2 Å². The summed E-state index contributed by atoms with van der Waals surface area (Å²) in [6, 6.07) is 5.11. The van der Waals surface area contributed by atoms with E-state index in [4.69, 9.17) is 11.6 Å². The average molecular weight is 336 g/mol. The van der Waals surface area contributed by atoms with Crippen molar-refractivity contribution in [1.29, 1.82) is 0 Å². The molecule has 0 unspecified atom stereocenters. The molecule has 23 heavy (non-hydrogen) atoms. The van der Waals surface area contributed by atoms with Crippen molar-refractivity contribution < 1.29 is 9.59 Å². The predicted octanol–water partition coefficient (Wildman–Crippen LogP) is 3.02. The fourth-order valence-electron chi connectivity index (χ4n) is 3.84. The third-order valence-corrected chi connectivity index (χ3v) is 5.35. The average Bonchev–Trinajstić information content (AvgIpc) is 2.95. The number of hydrogen-bond acceptors (Lipinski definition) is 3. The second-order valence-corrected chi connectivity index (χ2v) is 6.97. The van der Waals surface area contributed by atoms with Gasteiger partial charge in [-0.1, -0.05) is 24.4 Å². The standard InChI is InChI=1S/C17H22ClN3O2/c1-11(22)20-13-5-6-14(18)15(8-13)21-16(23)17-7-3-2-4-12(17)9-19-10-17/h5-6,8,12,19H,2-4,7,9-10H2,1H3,(H,20,22)(H,21,23)/t12-,17+/m0/s1. The number of hydrogen-bond donors (Lipinski definition) is 3. The second kappa shape index (κ2) is 6.49. The Morgan fingerprint density at radius 1 is 1.30 bits per heavy atom. The summed E-state index contributed by atoms with van der Waals surface area (Å²) in [6.45, 7) is 3.09. The molecule has 2 fully saturated rings. The first-order valence-corrected chi connectivity index (χ1v) is 8.48. The maximum absolute atomic E-state index is 13.0. The Bertz CT molecular complexity index is 634. The number of carbonyl (C=O) groups excluding carboxylic acids is 2. The van der Waals surface area contributed by atoms with Gasteiger partial charge in [0, 0.05) is 19.2 Å². The Hall–Kier alpha value is -1.59. The molecule has 1 saturated heterocycles. The van der Waals surface area contributed by atoms with Crippen LogP contribution in [0, 0.1) is 11.3 Å². The molecule has 2 aliphatic rings. The highest BCUT2D eigenvalue weighted by Gasteiger charge is 2.49. The first-order valence-electron chi connectivity index (χ1n) is 8.10. The Balaban J connectivity index is 1.81. The van der Waals surface area contributed by atoms with Crippen LogP contribution in [0.3, 0.4) is 0 Å². The van der Waals surface area contributed by atoms with E-state index in [2.05, 4.69) is 16.0 Å². The molecule has 0 spiro atoms. The summed E-state index contributed by atoms with van der Waals surface area (Å²) in [5.41, 5.74) is 0.846. The molecule has 1 aromatic rings. The van der Waals surface area contributed by atoms with Gasteiger partial charge in [0.2, 0.25) is 11.8 Å². The summed E-state index contributed by atoms with van der Waals surface area (Å²) in [4.78, 5) is 24.1. The van der Waals surface area contributed by atoms with Gasteiger partial charge in [-0.15, -0.1) is 0 Å². The lowest BCUT2D eigenvalue weighted by Gasteiger charge is -2.37. The van der Waals surface area contributed by atoms with E-state index < -0.39 is 0 Å². The van der Waals surface area contributed by atoms with Gasteiger partial charge in [0.1, 0.15) is 0 Å². The summed E-state index contributed by atoms with van der Waals surface area (Å²) < 4.78 is 0. The van der Waals surface area contributed by atoms with Gasteiger partial charge in [-0.05, 0) is 43.5 Å². The van der Waals surface area contributed by atoms with E-state index in [1.54, 1.807) is 18.2 Å². The van der Waals surface area contributed by atoms with Crippen molar-refractivity contribution in [3.63, 3.8) is 0 Å². The molecule has 0 bridgehead atoms. The number of amides is 2. The molecular weight excluding hydrogens is 314 g/mol. The SMILES string of the molecule is CC(=O)Nc1ccc(Cl)c(NC(=O)[C@@]23CCCC[C@H]2CNC3)c1. The van der Waals surface area contributed by atoms with Crippen LogP contribution in [0.1, 0.15) is 32.6 Å². The molecule has 1 saturated carbocycles. The Labute approximate surface area is 141 Å². The number of nitrogens with one attached hydrogen (secondary N) is 3. The van der Waals surface area contributed by atoms with Crippen LogP contribution in [0.25, 0.3) is 0 Å². The summed E-state index contributed by atoms with van der Waals surface area (Å²) in [6.07, 6.45) is 4.30. The van der Waals surface area contributed by atoms with E-state index in [1.807, 2.05) is 0 Å². The maximum atomic E-state index is 13.0. The summed E-state index contributed by atoms with van der Waals surface area (Å²) >= 11 is 6.21. The van der Waals surface area contributed by atoms with Gasteiger partial charge in [0.15, 0.2) is 0 Å². The molecule has 1 aliphatic carbocycles. The minimum Gasteiger partial charge on any atom is -0.326 e. The fourth-order valence-corrected chi connectivity index (χ4v) is 4.00. The summed E-state index contributed by atoms with van der Waals surface area (Å²) in [5.74, 6) is 0.276. The van der Waals surface area contributed by atoms with Crippen molar-refractivity contribution in [2.45, 2.75) is 32.6 Å². The Morgan fingerprint density at radius 2 is 2.13 bits per heavy atom. The van der Waals surface area contributed by atoms with Crippen molar-refractivity contribution in [3.8, 4) is 0 Å². The molecule has 124 valence electrons. The van der Waals surface area contributed by atoms with E-state index in [0.29, 0.717) is 22.3 Å². The summed E-state index contributed by atoms with van der Waals surface area (Å²) in [5, 5.41) is 9.55. The molecule has 2 atom stereocenters. The number of rotatable bonds is 3. The zero-order valence-corrected chi connectivity index (χ0v) is 14.0. The van der Waals surface area contributed by atoms with Crippen LogP contribution in [0.5, 0.6) is 0 Å². The predicted molar refractivity (Wildman–Crippen MR) is 91.6 cm³/mol. The van der Waals surface area contributed by atoms with Crippen LogP contribution in [0.4, 0.5) is 11.4 Å². The van der Waals surface area contributed by atoms with E-state index >= 15 is 0 Å². The van der Waals surface area contributed by atoms with E-state index in [9.17, 15) is 9.59 Å². The molecule has 2 amide bonds. The minimum absolute atomic E-state index is 0.0362. The maximum Gasteiger partial charge on any atom is 0.232 e. The minimum atomic E-state index is -0.328. The van der Waals surface area contributed by atoms with Gasteiger partial charge in [0.25, 0.3) is 0 Å². The molecule has 3 N–H and O–H groups in total. The number of benzene rings is 1. The molecule has 1 aliphatic heterocycles. The van der Waals surface area contributed by atoms with Crippen molar-refractivity contribution in [1.82, 2.24) is 5.32 Å². The van der Waals surface area contributed by atoms with Gasteiger partial charge < -0.3 is 16.0 Å². The Kier molecular flexibility index (Phi) is 4.60. The third kappa shape index (κ3) is 3.21. The molecule has 0 radical (unpaired) electrons. The van der Waals surface area contributed by atoms with Crippen LogP contribution in [-0.2, 0) is 9.59 Å². The fraction of sp³-hybridized carbons (Fsp3) is 0.529. The van der Waals surface area contributed by atoms with Gasteiger partial charge in [-0.25, -0.2) is 0 Å². The molecule has 1 heterocycles. The van der Waals surface area contributed by atoms with Crippen molar-refractivity contribution >= 4 is 34.8 Å². The van der Waals surface area contributed by atoms with Crippen LogP contribution < -0.4 is 16.0 Å². The monoisotopic (exact) mass is 335 g/mol. The number of fused-ring (bicyclic) bond motifs is 1. The number of anilines is 2. The highest BCUT2D eigenvalue weighted by molar-refractivity contribution is 6.34. The van der Waals surface area contributed by atoms with Crippen LogP contribution in [0.2, 0.25) is 5.02 Å². The summed E-state index contributed by atoms with van der Waals surface area (Å²) in [7, 11) is 0. The quantitative estimate of drug-likeness (QED) is 0.795. The van der Waals surface area contributed by atoms with Gasteiger partial charge >= 0.3 is 0 Å². The molecule has 5 nitrogen and oxygen atoms in total. The van der Waals surface area contributed by atoms with Crippen LogP contribution in [-0.4, -0.2) is 24.9 Å². The molecule has 6 heteroatoms.